The van der Waals surface area contributed by atoms with Crippen LogP contribution < -0.4 is 5.32 Å². The van der Waals surface area contributed by atoms with Crippen LogP contribution >= 0.6 is 0 Å². The van der Waals surface area contributed by atoms with Crippen molar-refractivity contribution in [3.8, 4) is 11.8 Å². The SMILES string of the molecule is O=S1(=O)C=CC(NCC#Cc2ccccc2)C1. The second-order valence-corrected chi connectivity index (χ2v) is 5.74. The zero-order valence-electron chi connectivity index (χ0n) is 9.26. The lowest BCUT2D eigenvalue weighted by molar-refractivity contribution is 0.598. The minimum Gasteiger partial charge on any atom is -0.299 e. The first-order chi connectivity index (χ1) is 8.16. The van der Waals surface area contributed by atoms with Gasteiger partial charge in [0.1, 0.15) is 0 Å². The molecule has 17 heavy (non-hydrogen) atoms. The molecule has 0 aromatic heterocycles. The van der Waals surface area contributed by atoms with Gasteiger partial charge in [0.05, 0.1) is 12.3 Å². The maximum absolute atomic E-state index is 11.1. The van der Waals surface area contributed by atoms with Gasteiger partial charge < -0.3 is 0 Å². The van der Waals surface area contributed by atoms with Gasteiger partial charge >= 0.3 is 0 Å². The van der Waals surface area contributed by atoms with Crippen molar-refractivity contribution >= 4 is 9.84 Å². The number of hydrogen-bond donors (Lipinski definition) is 1. The molecule has 1 heterocycles. The first-order valence-electron chi connectivity index (χ1n) is 5.34. The maximum atomic E-state index is 11.1. The number of nitrogens with one attached hydrogen (secondary N) is 1. The van der Waals surface area contributed by atoms with Crippen molar-refractivity contribution in [3.05, 3.63) is 47.4 Å². The van der Waals surface area contributed by atoms with E-state index in [0.29, 0.717) is 6.54 Å². The van der Waals surface area contributed by atoms with Gasteiger partial charge in [-0.1, -0.05) is 36.1 Å². The van der Waals surface area contributed by atoms with Crippen LogP contribution in [0, 0.1) is 11.8 Å². The van der Waals surface area contributed by atoms with Crippen molar-refractivity contribution in [1.82, 2.24) is 5.32 Å². The molecule has 2 rings (SSSR count). The standard InChI is InChI=1S/C13H13NO2S/c15-17(16)10-8-13(11-17)14-9-4-7-12-5-2-1-3-6-12/h1-3,5-6,8,10,13-14H,9,11H2. The van der Waals surface area contributed by atoms with E-state index in [1.54, 1.807) is 6.08 Å². The number of hydrogen-bond acceptors (Lipinski definition) is 3. The van der Waals surface area contributed by atoms with Crippen LogP contribution in [-0.2, 0) is 9.84 Å². The maximum Gasteiger partial charge on any atom is 0.173 e. The first kappa shape index (κ1) is 11.9. The van der Waals surface area contributed by atoms with E-state index in [1.165, 1.54) is 5.41 Å². The van der Waals surface area contributed by atoms with Gasteiger partial charge in [0, 0.05) is 17.0 Å². The fraction of sp³-hybridized carbons (Fsp3) is 0.231. The summed E-state index contributed by atoms with van der Waals surface area (Å²) in [6.45, 7) is 0.486. The lowest BCUT2D eigenvalue weighted by atomic mass is 10.2. The molecule has 0 saturated heterocycles. The minimum absolute atomic E-state index is 0.106. The molecule has 1 unspecified atom stereocenters. The Balaban J connectivity index is 1.82. The third-order valence-electron chi connectivity index (χ3n) is 2.39. The second-order valence-electron chi connectivity index (χ2n) is 3.81. The molecule has 88 valence electrons. The van der Waals surface area contributed by atoms with Crippen LogP contribution in [-0.4, -0.2) is 26.8 Å². The van der Waals surface area contributed by atoms with Crippen LogP contribution in [0.1, 0.15) is 5.56 Å². The van der Waals surface area contributed by atoms with E-state index in [2.05, 4.69) is 17.2 Å². The summed E-state index contributed by atoms with van der Waals surface area (Å²) >= 11 is 0. The molecule has 3 nitrogen and oxygen atoms in total. The van der Waals surface area contributed by atoms with E-state index in [9.17, 15) is 8.42 Å². The smallest absolute Gasteiger partial charge is 0.173 e. The molecule has 1 aliphatic rings. The third-order valence-corrected chi connectivity index (χ3v) is 3.78. The average molecular weight is 247 g/mol. The molecule has 0 bridgehead atoms. The van der Waals surface area contributed by atoms with Gasteiger partial charge in [-0.05, 0) is 12.1 Å². The molecular formula is C13H13NO2S. The quantitative estimate of drug-likeness (QED) is 0.791. The molecule has 0 spiro atoms. The predicted molar refractivity (Wildman–Crippen MR) is 68.0 cm³/mol. The largest absolute Gasteiger partial charge is 0.299 e. The summed E-state index contributed by atoms with van der Waals surface area (Å²) in [5.41, 5.74) is 0.962. The van der Waals surface area contributed by atoms with Crippen molar-refractivity contribution in [2.75, 3.05) is 12.3 Å². The van der Waals surface area contributed by atoms with Crippen molar-refractivity contribution in [2.45, 2.75) is 6.04 Å². The van der Waals surface area contributed by atoms with Crippen molar-refractivity contribution in [2.24, 2.45) is 0 Å². The van der Waals surface area contributed by atoms with Gasteiger partial charge in [0.2, 0.25) is 0 Å². The molecule has 4 heteroatoms. The van der Waals surface area contributed by atoms with E-state index >= 15 is 0 Å². The lowest BCUT2D eigenvalue weighted by Gasteiger charge is -2.04. The van der Waals surface area contributed by atoms with Gasteiger partial charge in [-0.25, -0.2) is 8.42 Å². The molecule has 0 radical (unpaired) electrons. The molecular weight excluding hydrogens is 234 g/mol. The van der Waals surface area contributed by atoms with Gasteiger partial charge in [-0.3, -0.25) is 5.32 Å². The second kappa shape index (κ2) is 5.17. The highest BCUT2D eigenvalue weighted by atomic mass is 32.2. The summed E-state index contributed by atoms with van der Waals surface area (Å²) in [5, 5.41) is 4.33. The van der Waals surface area contributed by atoms with E-state index < -0.39 is 9.84 Å². The highest BCUT2D eigenvalue weighted by Gasteiger charge is 2.20. The summed E-state index contributed by atoms with van der Waals surface area (Å²) in [6, 6.07) is 9.58. The Labute approximate surface area is 101 Å². The van der Waals surface area contributed by atoms with Gasteiger partial charge in [0.25, 0.3) is 0 Å². The van der Waals surface area contributed by atoms with Crippen molar-refractivity contribution in [3.63, 3.8) is 0 Å². The van der Waals surface area contributed by atoms with Crippen LogP contribution in [0.3, 0.4) is 0 Å². The lowest BCUT2D eigenvalue weighted by Crippen LogP contribution is -2.30. The van der Waals surface area contributed by atoms with Crippen LogP contribution in [0.4, 0.5) is 0 Å². The Bertz CT molecular complexity index is 564. The Morgan fingerprint density at radius 3 is 2.71 bits per heavy atom. The van der Waals surface area contributed by atoms with Crippen LogP contribution in [0.15, 0.2) is 41.8 Å². The Morgan fingerprint density at radius 2 is 2.06 bits per heavy atom. The normalized spacial score (nSPS) is 20.8. The topological polar surface area (TPSA) is 46.2 Å². The van der Waals surface area contributed by atoms with E-state index in [4.69, 9.17) is 0 Å². The Hall–Kier alpha value is -1.57. The molecule has 1 aliphatic heterocycles. The summed E-state index contributed by atoms with van der Waals surface area (Å²) in [5.74, 6) is 6.11. The molecule has 1 aromatic carbocycles. The van der Waals surface area contributed by atoms with Gasteiger partial charge in [-0.15, -0.1) is 0 Å². The van der Waals surface area contributed by atoms with E-state index in [-0.39, 0.29) is 11.8 Å². The zero-order valence-corrected chi connectivity index (χ0v) is 10.1. The van der Waals surface area contributed by atoms with Crippen LogP contribution in [0.25, 0.3) is 0 Å². The molecule has 0 aliphatic carbocycles. The van der Waals surface area contributed by atoms with Crippen LogP contribution in [0.5, 0.6) is 0 Å². The van der Waals surface area contributed by atoms with Gasteiger partial charge in [-0.2, -0.15) is 0 Å². The average Bonchev–Trinajstić information content (AvgIpc) is 2.66. The number of rotatable bonds is 2. The van der Waals surface area contributed by atoms with Crippen molar-refractivity contribution < 1.29 is 8.42 Å². The number of sulfone groups is 1. The molecule has 1 atom stereocenters. The molecule has 1 aromatic rings. The molecule has 1 N–H and O–H groups in total. The summed E-state index contributed by atoms with van der Waals surface area (Å²) < 4.78 is 22.3. The Kier molecular flexibility index (Phi) is 3.62. The molecule has 0 saturated carbocycles. The van der Waals surface area contributed by atoms with Crippen LogP contribution in [0.2, 0.25) is 0 Å². The summed E-state index contributed by atoms with van der Waals surface area (Å²) in [4.78, 5) is 0. The third kappa shape index (κ3) is 3.74. The van der Waals surface area contributed by atoms with E-state index in [0.717, 1.165) is 5.56 Å². The molecule has 0 fully saturated rings. The fourth-order valence-electron chi connectivity index (χ4n) is 1.55. The number of benzene rings is 1. The molecule has 0 amide bonds. The Morgan fingerprint density at radius 1 is 1.29 bits per heavy atom. The van der Waals surface area contributed by atoms with Crippen molar-refractivity contribution in [1.29, 1.82) is 0 Å². The highest BCUT2D eigenvalue weighted by Crippen LogP contribution is 2.07. The first-order valence-corrected chi connectivity index (χ1v) is 7.05. The fourth-order valence-corrected chi connectivity index (χ4v) is 2.82. The highest BCUT2D eigenvalue weighted by molar-refractivity contribution is 7.94. The minimum atomic E-state index is -2.98. The summed E-state index contributed by atoms with van der Waals surface area (Å²) in [7, 11) is -2.98. The predicted octanol–water partition coefficient (Wildman–Crippen LogP) is 0.938. The van der Waals surface area contributed by atoms with Gasteiger partial charge in [0.15, 0.2) is 9.84 Å². The monoisotopic (exact) mass is 247 g/mol. The van der Waals surface area contributed by atoms with E-state index in [1.807, 2.05) is 30.3 Å². The summed E-state index contributed by atoms with van der Waals surface area (Å²) in [6.07, 6.45) is 1.67. The zero-order chi connectivity index (χ0) is 12.1.